The summed E-state index contributed by atoms with van der Waals surface area (Å²) < 4.78 is 10.3. The Morgan fingerprint density at radius 1 is 1.00 bits per heavy atom. The third kappa shape index (κ3) is 4.60. The average Bonchev–Trinajstić information content (AvgIpc) is 2.65. The van der Waals surface area contributed by atoms with Crippen LogP contribution >= 0.6 is 0 Å². The molecule has 0 bridgehead atoms. The van der Waals surface area contributed by atoms with Gasteiger partial charge < -0.3 is 9.47 Å². The Kier molecular flexibility index (Phi) is 6.07. The van der Waals surface area contributed by atoms with Crippen molar-refractivity contribution in [2.24, 2.45) is 0 Å². The molecule has 1 aliphatic heterocycles. The van der Waals surface area contributed by atoms with Gasteiger partial charge in [0.2, 0.25) is 0 Å². The maximum absolute atomic E-state index is 11.5. The number of hydrogen-bond acceptors (Lipinski definition) is 4. The maximum atomic E-state index is 11.5. The van der Waals surface area contributed by atoms with Crippen LogP contribution < -0.4 is 0 Å². The molecule has 0 saturated carbocycles. The predicted octanol–water partition coefficient (Wildman–Crippen LogP) is 4.41. The van der Waals surface area contributed by atoms with E-state index < -0.39 is 6.16 Å². The van der Waals surface area contributed by atoms with Crippen LogP contribution in [-0.2, 0) is 9.47 Å². The predicted molar refractivity (Wildman–Crippen MR) is 97.4 cm³/mol. The van der Waals surface area contributed by atoms with E-state index in [2.05, 4.69) is 53.4 Å². The molecule has 132 valence electrons. The minimum Gasteiger partial charge on any atom is -0.435 e. The fraction of sp³-hybridized carbons (Fsp3) is 0.381. The van der Waals surface area contributed by atoms with E-state index in [0.717, 1.165) is 25.9 Å². The lowest BCUT2D eigenvalue weighted by molar-refractivity contribution is -0.00193. The number of carbonyl (C=O) groups excluding carboxylic acids is 1. The summed E-state index contributed by atoms with van der Waals surface area (Å²) in [5, 5.41) is 0. The fourth-order valence-corrected chi connectivity index (χ4v) is 3.42. The number of likely N-dealkylation sites (tertiary alicyclic amines) is 1. The van der Waals surface area contributed by atoms with E-state index >= 15 is 0 Å². The zero-order valence-corrected chi connectivity index (χ0v) is 14.6. The van der Waals surface area contributed by atoms with Crippen LogP contribution in [0.3, 0.4) is 0 Å². The third-order valence-corrected chi connectivity index (χ3v) is 4.60. The molecule has 1 saturated heterocycles. The third-order valence-electron chi connectivity index (χ3n) is 4.60. The van der Waals surface area contributed by atoms with E-state index in [1.165, 1.54) is 11.1 Å². The molecule has 0 aromatic heterocycles. The highest BCUT2D eigenvalue weighted by Gasteiger charge is 2.29. The summed E-state index contributed by atoms with van der Waals surface area (Å²) >= 11 is 0. The van der Waals surface area contributed by atoms with Crippen LogP contribution in [0.4, 0.5) is 4.79 Å². The van der Waals surface area contributed by atoms with Crippen molar-refractivity contribution in [3.05, 3.63) is 71.8 Å². The van der Waals surface area contributed by atoms with Crippen LogP contribution in [0.1, 0.15) is 36.9 Å². The molecule has 0 aliphatic carbocycles. The molecule has 25 heavy (non-hydrogen) atoms. The summed E-state index contributed by atoms with van der Waals surface area (Å²) in [6, 6.07) is 21.4. The van der Waals surface area contributed by atoms with Crippen molar-refractivity contribution in [1.82, 2.24) is 4.90 Å². The summed E-state index contributed by atoms with van der Waals surface area (Å²) in [6.45, 7) is 3.91. The molecule has 4 nitrogen and oxygen atoms in total. The van der Waals surface area contributed by atoms with Crippen LogP contribution in [-0.4, -0.2) is 36.9 Å². The molecule has 1 aliphatic rings. The van der Waals surface area contributed by atoms with E-state index in [0.29, 0.717) is 6.61 Å². The van der Waals surface area contributed by atoms with Gasteiger partial charge in [0.1, 0.15) is 6.10 Å². The van der Waals surface area contributed by atoms with Gasteiger partial charge in [0, 0.05) is 13.1 Å². The minimum atomic E-state index is -0.552. The first-order valence-corrected chi connectivity index (χ1v) is 8.95. The molecule has 0 N–H and O–H groups in total. The number of carbonyl (C=O) groups is 1. The second-order valence-electron chi connectivity index (χ2n) is 6.26. The van der Waals surface area contributed by atoms with Gasteiger partial charge in [-0.05, 0) is 30.9 Å². The van der Waals surface area contributed by atoms with Gasteiger partial charge in [0.25, 0.3) is 0 Å². The molecule has 3 rings (SSSR count). The summed E-state index contributed by atoms with van der Waals surface area (Å²) in [5.41, 5.74) is 2.58. The standard InChI is InChI=1S/C21H25NO3/c1-2-24-21(23)25-19-13-15-22(16-14-19)20(17-9-5-3-6-10-17)18-11-7-4-8-12-18/h3-12,19-20H,2,13-16H2,1H3. The molecule has 0 radical (unpaired) electrons. The van der Waals surface area contributed by atoms with Crippen molar-refractivity contribution in [3.63, 3.8) is 0 Å². The van der Waals surface area contributed by atoms with E-state index in [1.807, 2.05) is 12.1 Å². The molecular formula is C21H25NO3. The average molecular weight is 339 g/mol. The topological polar surface area (TPSA) is 38.8 Å². The SMILES string of the molecule is CCOC(=O)OC1CCN(C(c2ccccc2)c2ccccc2)CC1. The Hall–Kier alpha value is -2.33. The largest absolute Gasteiger partial charge is 0.508 e. The van der Waals surface area contributed by atoms with Crippen molar-refractivity contribution in [3.8, 4) is 0 Å². The van der Waals surface area contributed by atoms with Crippen LogP contribution in [0, 0.1) is 0 Å². The van der Waals surface area contributed by atoms with Crippen molar-refractivity contribution >= 4 is 6.16 Å². The van der Waals surface area contributed by atoms with E-state index in [9.17, 15) is 4.79 Å². The van der Waals surface area contributed by atoms with Crippen molar-refractivity contribution < 1.29 is 14.3 Å². The molecule has 0 unspecified atom stereocenters. The number of ether oxygens (including phenoxy) is 2. The second-order valence-corrected chi connectivity index (χ2v) is 6.26. The number of piperidine rings is 1. The van der Waals surface area contributed by atoms with Gasteiger partial charge >= 0.3 is 6.16 Å². The van der Waals surface area contributed by atoms with Crippen molar-refractivity contribution in [1.29, 1.82) is 0 Å². The van der Waals surface area contributed by atoms with Gasteiger partial charge in [-0.1, -0.05) is 60.7 Å². The molecule has 4 heteroatoms. The normalized spacial score (nSPS) is 15.9. The number of benzene rings is 2. The van der Waals surface area contributed by atoms with Gasteiger partial charge in [-0.2, -0.15) is 0 Å². The molecule has 1 fully saturated rings. The Labute approximate surface area is 149 Å². The van der Waals surface area contributed by atoms with Crippen LogP contribution in [0.15, 0.2) is 60.7 Å². The smallest absolute Gasteiger partial charge is 0.435 e. The molecule has 2 aromatic carbocycles. The molecule has 1 heterocycles. The molecule has 2 aromatic rings. The first kappa shape index (κ1) is 17.5. The molecule has 0 amide bonds. The lowest BCUT2D eigenvalue weighted by atomic mass is 9.94. The monoisotopic (exact) mass is 339 g/mol. The summed E-state index contributed by atoms with van der Waals surface area (Å²) in [7, 11) is 0. The van der Waals surface area contributed by atoms with Gasteiger partial charge in [0.15, 0.2) is 0 Å². The lowest BCUT2D eigenvalue weighted by Gasteiger charge is -2.37. The maximum Gasteiger partial charge on any atom is 0.508 e. The first-order valence-electron chi connectivity index (χ1n) is 8.95. The molecule has 0 atom stereocenters. The Balaban J connectivity index is 1.70. The van der Waals surface area contributed by atoms with Gasteiger partial charge in [-0.15, -0.1) is 0 Å². The summed E-state index contributed by atoms with van der Waals surface area (Å²) in [5.74, 6) is 0. The van der Waals surface area contributed by atoms with Crippen molar-refractivity contribution in [2.45, 2.75) is 31.9 Å². The van der Waals surface area contributed by atoms with Crippen LogP contribution in [0.5, 0.6) is 0 Å². The lowest BCUT2D eigenvalue weighted by Crippen LogP contribution is -2.40. The van der Waals surface area contributed by atoms with Gasteiger partial charge in [0.05, 0.1) is 12.6 Å². The summed E-state index contributed by atoms with van der Waals surface area (Å²) in [6.07, 6.45) is 1.05. The fourth-order valence-electron chi connectivity index (χ4n) is 3.42. The Bertz CT molecular complexity index is 612. The molecule has 0 spiro atoms. The quantitative estimate of drug-likeness (QED) is 0.756. The Morgan fingerprint density at radius 2 is 1.52 bits per heavy atom. The second kappa shape index (κ2) is 8.67. The first-order chi connectivity index (χ1) is 12.3. The number of hydrogen-bond donors (Lipinski definition) is 0. The van der Waals surface area contributed by atoms with E-state index in [1.54, 1.807) is 6.92 Å². The van der Waals surface area contributed by atoms with E-state index in [4.69, 9.17) is 9.47 Å². The van der Waals surface area contributed by atoms with Gasteiger partial charge in [-0.3, -0.25) is 4.90 Å². The highest BCUT2D eigenvalue weighted by molar-refractivity contribution is 5.60. The van der Waals surface area contributed by atoms with Crippen LogP contribution in [0.2, 0.25) is 0 Å². The number of nitrogens with zero attached hydrogens (tertiary/aromatic N) is 1. The van der Waals surface area contributed by atoms with Gasteiger partial charge in [-0.25, -0.2) is 4.79 Å². The van der Waals surface area contributed by atoms with E-state index in [-0.39, 0.29) is 12.1 Å². The van der Waals surface area contributed by atoms with Crippen molar-refractivity contribution in [2.75, 3.05) is 19.7 Å². The zero-order valence-electron chi connectivity index (χ0n) is 14.6. The zero-order chi connectivity index (χ0) is 17.5. The Morgan fingerprint density at radius 3 is 2.00 bits per heavy atom. The highest BCUT2D eigenvalue weighted by atomic mass is 16.7. The van der Waals surface area contributed by atoms with Crippen LogP contribution in [0.25, 0.3) is 0 Å². The summed E-state index contributed by atoms with van der Waals surface area (Å²) in [4.78, 5) is 14.0. The highest BCUT2D eigenvalue weighted by Crippen LogP contribution is 2.31. The molecular weight excluding hydrogens is 314 g/mol. The minimum absolute atomic E-state index is 0.0532. The number of rotatable bonds is 5.